The van der Waals surface area contributed by atoms with Gasteiger partial charge in [0.15, 0.2) is 0 Å². The Morgan fingerprint density at radius 1 is 1.11 bits per heavy atom. The molecule has 0 radical (unpaired) electrons. The van der Waals surface area contributed by atoms with Crippen LogP contribution < -0.4 is 16.0 Å². The second-order valence-electron chi connectivity index (χ2n) is 10.7. The van der Waals surface area contributed by atoms with Crippen LogP contribution >= 0.6 is 11.3 Å². The molecule has 3 heterocycles. The maximum Gasteiger partial charge on any atom is 0.318 e. The fourth-order valence-corrected chi connectivity index (χ4v) is 4.96. The van der Waals surface area contributed by atoms with Gasteiger partial charge >= 0.3 is 6.03 Å². The number of nitrogens with zero attached hydrogens (tertiary/aromatic N) is 2. The van der Waals surface area contributed by atoms with E-state index in [-0.39, 0.29) is 23.3 Å². The molecule has 2 aromatic heterocycles. The van der Waals surface area contributed by atoms with Crippen molar-refractivity contribution in [2.75, 3.05) is 25.5 Å². The Morgan fingerprint density at radius 3 is 2.39 bits per heavy atom. The number of anilines is 1. The zero-order chi connectivity index (χ0) is 28.1. The largest absolute Gasteiger partial charge is 0.352 e. The minimum atomic E-state index is -0.792. The first-order valence-corrected chi connectivity index (χ1v) is 13.4. The maximum atomic E-state index is 12.7. The molecule has 202 valence electrons. The number of carbonyl (C=O) groups excluding carboxylic acids is 3. The minimum Gasteiger partial charge on any atom is -0.352 e. The molecule has 3 N–H and O–H groups in total. The number of aryl methyl sites for hydroxylation is 1. The second kappa shape index (κ2) is 11.8. The monoisotopic (exact) mass is 535 g/mol. The van der Waals surface area contributed by atoms with Crippen LogP contribution in [-0.2, 0) is 10.2 Å². The van der Waals surface area contributed by atoms with Crippen molar-refractivity contribution in [3.8, 4) is 11.1 Å². The number of amides is 4. The van der Waals surface area contributed by atoms with E-state index in [0.29, 0.717) is 18.7 Å². The first kappa shape index (κ1) is 28.8. The van der Waals surface area contributed by atoms with Crippen LogP contribution in [0.3, 0.4) is 0 Å². The third-order valence-electron chi connectivity index (χ3n) is 6.40. The molecule has 4 rings (SSSR count). The Hall–Kier alpha value is -3.72. The number of urea groups is 1. The summed E-state index contributed by atoms with van der Waals surface area (Å²) in [6.07, 6.45) is 3.52. The number of pyridine rings is 1. The third-order valence-corrected chi connectivity index (χ3v) is 7.75. The van der Waals surface area contributed by atoms with Crippen molar-refractivity contribution in [3.63, 3.8) is 0 Å². The van der Waals surface area contributed by atoms with Crippen LogP contribution in [0, 0.1) is 6.92 Å². The van der Waals surface area contributed by atoms with E-state index >= 15 is 0 Å². The van der Waals surface area contributed by atoms with Gasteiger partial charge in [0.1, 0.15) is 5.54 Å². The molecule has 1 saturated heterocycles. The van der Waals surface area contributed by atoms with Crippen molar-refractivity contribution in [3.05, 3.63) is 70.2 Å². The molecule has 0 unspecified atom stereocenters. The predicted molar refractivity (Wildman–Crippen MR) is 154 cm³/mol. The van der Waals surface area contributed by atoms with E-state index in [1.165, 1.54) is 4.88 Å². The molecule has 1 aliphatic rings. The summed E-state index contributed by atoms with van der Waals surface area (Å²) in [6, 6.07) is 11.5. The molecule has 0 bridgehead atoms. The van der Waals surface area contributed by atoms with E-state index in [1.807, 2.05) is 48.7 Å². The summed E-state index contributed by atoms with van der Waals surface area (Å²) in [5.41, 5.74) is 4.03. The molecule has 9 heteroatoms. The van der Waals surface area contributed by atoms with E-state index in [2.05, 4.69) is 41.7 Å². The van der Waals surface area contributed by atoms with Gasteiger partial charge in [-0.3, -0.25) is 14.6 Å². The zero-order valence-electron chi connectivity index (χ0n) is 23.1. The molecule has 8 nitrogen and oxygen atoms in total. The van der Waals surface area contributed by atoms with Gasteiger partial charge in [0.05, 0.1) is 5.56 Å². The lowest BCUT2D eigenvalue weighted by molar-refractivity contribution is -0.133. The topological polar surface area (TPSA) is 103 Å². The molecule has 0 spiro atoms. The highest BCUT2D eigenvalue weighted by Crippen LogP contribution is 2.30. The highest BCUT2D eigenvalue weighted by atomic mass is 32.1. The van der Waals surface area contributed by atoms with E-state index in [0.717, 1.165) is 22.4 Å². The number of carbonyl (C=O) groups is 3. The van der Waals surface area contributed by atoms with Gasteiger partial charge in [0.25, 0.3) is 5.91 Å². The number of thiophene rings is 1. The maximum absolute atomic E-state index is 12.7. The van der Waals surface area contributed by atoms with E-state index in [1.54, 1.807) is 49.5 Å². The standard InChI is InChI=1S/C15H22N2O2S.C14H15N3O/c1-14(2,3)11-8-10(9-20-11)12(18)17-7-6-16-13(19)15(17,4)5;1-10-3-4-12(17-14(18)15-2)9-13(10)11-5-7-16-8-6-11/h8-9H,6-7H2,1-5H3,(H,16,19);3-9H,1-2H3,(H2,15,17,18). The number of piperazine rings is 1. The van der Waals surface area contributed by atoms with Crippen molar-refractivity contribution in [1.82, 2.24) is 20.5 Å². The molecular weight excluding hydrogens is 498 g/mol. The van der Waals surface area contributed by atoms with Gasteiger partial charge in [-0.05, 0) is 73.2 Å². The summed E-state index contributed by atoms with van der Waals surface area (Å²) in [5.74, 6) is -0.153. The molecule has 1 fully saturated rings. The summed E-state index contributed by atoms with van der Waals surface area (Å²) >= 11 is 1.60. The lowest BCUT2D eigenvalue weighted by Gasteiger charge is -2.41. The Bertz CT molecular complexity index is 1300. The molecule has 4 amide bonds. The Morgan fingerprint density at radius 2 is 1.79 bits per heavy atom. The van der Waals surface area contributed by atoms with Crippen molar-refractivity contribution in [2.24, 2.45) is 0 Å². The van der Waals surface area contributed by atoms with Crippen LogP contribution in [0.4, 0.5) is 10.5 Å². The van der Waals surface area contributed by atoms with Crippen molar-refractivity contribution < 1.29 is 14.4 Å². The number of rotatable bonds is 3. The van der Waals surface area contributed by atoms with Gasteiger partial charge in [0.2, 0.25) is 5.91 Å². The van der Waals surface area contributed by atoms with Crippen LogP contribution in [0.2, 0.25) is 0 Å². The highest BCUT2D eigenvalue weighted by Gasteiger charge is 2.41. The van der Waals surface area contributed by atoms with Crippen LogP contribution in [0.25, 0.3) is 11.1 Å². The minimum absolute atomic E-state index is 0.0397. The summed E-state index contributed by atoms with van der Waals surface area (Å²) in [4.78, 5) is 42.7. The fourth-order valence-electron chi connectivity index (χ4n) is 3.99. The zero-order valence-corrected chi connectivity index (χ0v) is 24.0. The van der Waals surface area contributed by atoms with E-state index in [9.17, 15) is 14.4 Å². The van der Waals surface area contributed by atoms with Gasteiger partial charge in [-0.2, -0.15) is 0 Å². The number of hydrogen-bond acceptors (Lipinski definition) is 5. The van der Waals surface area contributed by atoms with Crippen LogP contribution in [-0.4, -0.2) is 53.4 Å². The number of benzene rings is 1. The molecule has 3 aromatic rings. The molecule has 1 aliphatic heterocycles. The highest BCUT2D eigenvalue weighted by molar-refractivity contribution is 7.10. The van der Waals surface area contributed by atoms with Crippen molar-refractivity contribution >= 4 is 34.9 Å². The molecule has 0 saturated carbocycles. The summed E-state index contributed by atoms with van der Waals surface area (Å²) in [7, 11) is 1.59. The van der Waals surface area contributed by atoms with E-state index in [4.69, 9.17) is 0 Å². The summed E-state index contributed by atoms with van der Waals surface area (Å²) < 4.78 is 0. The smallest absolute Gasteiger partial charge is 0.318 e. The second-order valence-corrected chi connectivity index (χ2v) is 11.6. The fraction of sp³-hybridized carbons (Fsp3) is 0.379. The van der Waals surface area contributed by atoms with Crippen LogP contribution in [0.1, 0.15) is 55.4 Å². The predicted octanol–water partition coefficient (Wildman–Crippen LogP) is 5.20. The number of hydrogen-bond donors (Lipinski definition) is 3. The summed E-state index contributed by atoms with van der Waals surface area (Å²) in [6.45, 7) is 13.1. The molecule has 1 aromatic carbocycles. The Kier molecular flexibility index (Phi) is 8.93. The van der Waals surface area contributed by atoms with Gasteiger partial charge < -0.3 is 20.9 Å². The number of nitrogens with one attached hydrogen (secondary N) is 3. The molecule has 38 heavy (non-hydrogen) atoms. The van der Waals surface area contributed by atoms with Gasteiger partial charge in [-0.1, -0.05) is 26.8 Å². The van der Waals surface area contributed by atoms with Crippen LogP contribution in [0.5, 0.6) is 0 Å². The quantitative estimate of drug-likeness (QED) is 0.429. The van der Waals surface area contributed by atoms with Gasteiger partial charge in [0, 0.05) is 48.5 Å². The third kappa shape index (κ3) is 6.77. The average Bonchev–Trinajstić information content (AvgIpc) is 3.39. The SMILES string of the molecule is CC(C)(C)c1cc(C(=O)N2CCNC(=O)C2(C)C)cs1.CNC(=O)Nc1ccc(C)c(-c2ccncc2)c1. The average molecular weight is 536 g/mol. The van der Waals surface area contributed by atoms with Crippen LogP contribution in [0.15, 0.2) is 54.2 Å². The lowest BCUT2D eigenvalue weighted by Crippen LogP contribution is -2.63. The molecule has 0 aliphatic carbocycles. The van der Waals surface area contributed by atoms with Gasteiger partial charge in [-0.15, -0.1) is 11.3 Å². The van der Waals surface area contributed by atoms with Gasteiger partial charge in [-0.25, -0.2) is 4.79 Å². The Balaban J connectivity index is 0.000000212. The normalized spacial score (nSPS) is 14.6. The van der Waals surface area contributed by atoms with E-state index < -0.39 is 5.54 Å². The van der Waals surface area contributed by atoms with Crippen molar-refractivity contribution in [1.29, 1.82) is 0 Å². The molecule has 0 atom stereocenters. The first-order valence-electron chi connectivity index (χ1n) is 12.5. The molecular formula is C29H37N5O3S. The Labute approximate surface area is 228 Å². The lowest BCUT2D eigenvalue weighted by atomic mass is 9.93. The first-order chi connectivity index (χ1) is 17.8. The van der Waals surface area contributed by atoms with Crippen molar-refractivity contribution in [2.45, 2.75) is 52.5 Å². The number of aromatic nitrogens is 1. The summed E-state index contributed by atoms with van der Waals surface area (Å²) in [5, 5.41) is 9.99.